The highest BCUT2D eigenvalue weighted by molar-refractivity contribution is 5.79. The van der Waals surface area contributed by atoms with Gasteiger partial charge in [0.25, 0.3) is 0 Å². The first-order valence-corrected chi connectivity index (χ1v) is 11.1. The minimum Gasteiger partial charge on any atom is -0.355 e. The van der Waals surface area contributed by atoms with Gasteiger partial charge in [-0.25, -0.2) is 9.97 Å². The van der Waals surface area contributed by atoms with Gasteiger partial charge in [-0.1, -0.05) is 36.4 Å². The summed E-state index contributed by atoms with van der Waals surface area (Å²) in [6, 6.07) is 14.1. The molecule has 31 heavy (non-hydrogen) atoms. The maximum Gasteiger partial charge on any atom is 0.225 e. The predicted molar refractivity (Wildman–Crippen MR) is 121 cm³/mol. The summed E-state index contributed by atoms with van der Waals surface area (Å²) in [7, 11) is 0. The number of benzene rings is 1. The van der Waals surface area contributed by atoms with Crippen molar-refractivity contribution in [1.29, 1.82) is 0 Å². The van der Waals surface area contributed by atoms with E-state index in [0.717, 1.165) is 61.4 Å². The molecular weight excluding hydrogens is 386 g/mol. The Labute approximate surface area is 182 Å². The fourth-order valence-electron chi connectivity index (χ4n) is 4.61. The molecule has 1 aliphatic carbocycles. The number of pyridine rings is 1. The van der Waals surface area contributed by atoms with E-state index in [1.54, 1.807) is 12.4 Å². The Bertz CT molecular complexity index is 1050. The summed E-state index contributed by atoms with van der Waals surface area (Å²) in [6.45, 7) is 2.16. The van der Waals surface area contributed by atoms with Crippen LogP contribution in [0.4, 0.5) is 5.82 Å². The molecule has 6 nitrogen and oxygen atoms in total. The first-order valence-electron chi connectivity index (χ1n) is 11.1. The van der Waals surface area contributed by atoms with Crippen molar-refractivity contribution in [3.05, 3.63) is 71.7 Å². The summed E-state index contributed by atoms with van der Waals surface area (Å²) >= 11 is 0. The zero-order valence-corrected chi connectivity index (χ0v) is 17.6. The second-order valence-corrected chi connectivity index (χ2v) is 8.38. The number of hydrogen-bond donors (Lipinski definition) is 1. The number of piperidine rings is 1. The van der Waals surface area contributed by atoms with Crippen LogP contribution >= 0.6 is 0 Å². The number of anilines is 1. The molecule has 1 N–H and O–H groups in total. The molecule has 0 saturated carbocycles. The van der Waals surface area contributed by atoms with Gasteiger partial charge >= 0.3 is 0 Å². The van der Waals surface area contributed by atoms with E-state index >= 15 is 0 Å². The predicted octanol–water partition coefficient (Wildman–Crippen LogP) is 3.56. The van der Waals surface area contributed by atoms with Gasteiger partial charge in [-0.2, -0.15) is 0 Å². The van der Waals surface area contributed by atoms with Crippen molar-refractivity contribution in [3.63, 3.8) is 0 Å². The van der Waals surface area contributed by atoms with Gasteiger partial charge in [-0.3, -0.25) is 9.78 Å². The van der Waals surface area contributed by atoms with E-state index in [4.69, 9.17) is 9.97 Å². The first kappa shape index (κ1) is 19.7. The van der Waals surface area contributed by atoms with E-state index in [9.17, 15) is 4.79 Å². The van der Waals surface area contributed by atoms with Crippen LogP contribution in [-0.2, 0) is 24.2 Å². The first-order chi connectivity index (χ1) is 15.3. The molecule has 158 valence electrons. The van der Waals surface area contributed by atoms with Crippen LogP contribution in [0.5, 0.6) is 0 Å². The second kappa shape index (κ2) is 8.84. The largest absolute Gasteiger partial charge is 0.355 e. The molecule has 6 heteroatoms. The highest BCUT2D eigenvalue weighted by Crippen LogP contribution is 2.33. The third kappa shape index (κ3) is 4.29. The van der Waals surface area contributed by atoms with Crippen LogP contribution in [0.1, 0.15) is 36.1 Å². The summed E-state index contributed by atoms with van der Waals surface area (Å²) < 4.78 is 0. The van der Waals surface area contributed by atoms with Crippen LogP contribution in [0.3, 0.4) is 0 Å². The van der Waals surface area contributed by atoms with Gasteiger partial charge in [0, 0.05) is 48.8 Å². The Morgan fingerprint density at radius 3 is 2.81 bits per heavy atom. The second-order valence-electron chi connectivity index (χ2n) is 8.38. The average molecular weight is 414 g/mol. The van der Waals surface area contributed by atoms with Gasteiger partial charge in [0.1, 0.15) is 5.82 Å². The molecule has 1 amide bonds. The van der Waals surface area contributed by atoms with Gasteiger partial charge in [-0.15, -0.1) is 0 Å². The van der Waals surface area contributed by atoms with E-state index in [2.05, 4.69) is 27.3 Å². The molecular formula is C25H27N5O. The minimum absolute atomic E-state index is 0.0300. The number of nitrogens with one attached hydrogen (secondary N) is 1. The highest BCUT2D eigenvalue weighted by Gasteiger charge is 2.30. The number of aryl methyl sites for hydroxylation is 1. The van der Waals surface area contributed by atoms with E-state index in [-0.39, 0.29) is 11.8 Å². The lowest BCUT2D eigenvalue weighted by atomic mass is 9.96. The number of fused-ring (bicyclic) bond motifs is 1. The number of carbonyl (C=O) groups excluding carboxylic acids is 1. The van der Waals surface area contributed by atoms with E-state index < -0.39 is 0 Å². The van der Waals surface area contributed by atoms with Crippen molar-refractivity contribution in [2.24, 2.45) is 5.92 Å². The number of hydrogen-bond acceptors (Lipinski definition) is 5. The van der Waals surface area contributed by atoms with Gasteiger partial charge in [-0.05, 0) is 43.7 Å². The summed E-state index contributed by atoms with van der Waals surface area (Å²) in [5.74, 6) is 1.91. The number of nitrogens with zero attached hydrogens (tertiary/aromatic N) is 4. The Morgan fingerprint density at radius 2 is 1.97 bits per heavy atom. The van der Waals surface area contributed by atoms with Gasteiger partial charge in [0.05, 0.1) is 5.92 Å². The Kier molecular flexibility index (Phi) is 5.61. The van der Waals surface area contributed by atoms with Gasteiger partial charge in [0.2, 0.25) is 5.91 Å². The molecule has 0 unspecified atom stereocenters. The summed E-state index contributed by atoms with van der Waals surface area (Å²) in [5, 5.41) is 3.09. The minimum atomic E-state index is -0.0300. The monoisotopic (exact) mass is 413 g/mol. The standard InChI is InChI=1S/C25H27N5O/c31-25(27-16-18-7-5-13-26-15-18)20-10-6-14-30(17-20)24-21-11-4-12-22(21)28-23(29-24)19-8-2-1-3-9-19/h1-3,5,7-9,13,15,20H,4,6,10-12,14,16-17H2,(H,27,31)/t20-/m0/s1. The average Bonchev–Trinajstić information content (AvgIpc) is 3.32. The zero-order valence-electron chi connectivity index (χ0n) is 17.6. The molecule has 3 heterocycles. The SMILES string of the molecule is O=C(NCc1cccnc1)[C@H]1CCCN(c2nc(-c3ccccc3)nc3c2CCC3)C1. The lowest BCUT2D eigenvalue weighted by Crippen LogP contribution is -2.43. The van der Waals surface area contributed by atoms with Crippen molar-refractivity contribution in [1.82, 2.24) is 20.3 Å². The van der Waals surface area contributed by atoms with Crippen molar-refractivity contribution in [2.45, 2.75) is 38.6 Å². The molecule has 3 aromatic rings. The van der Waals surface area contributed by atoms with Crippen LogP contribution in [0.25, 0.3) is 11.4 Å². The van der Waals surface area contributed by atoms with Crippen molar-refractivity contribution < 1.29 is 4.79 Å². The van der Waals surface area contributed by atoms with E-state index in [1.807, 2.05) is 30.3 Å². The normalized spacial score (nSPS) is 17.9. The lowest BCUT2D eigenvalue weighted by molar-refractivity contribution is -0.125. The number of amides is 1. The smallest absolute Gasteiger partial charge is 0.225 e. The molecule has 1 saturated heterocycles. The van der Waals surface area contributed by atoms with E-state index in [0.29, 0.717) is 13.1 Å². The third-order valence-corrected chi connectivity index (χ3v) is 6.22. The quantitative estimate of drug-likeness (QED) is 0.693. The molecule has 0 spiro atoms. The highest BCUT2D eigenvalue weighted by atomic mass is 16.1. The number of aromatic nitrogens is 3. The van der Waals surface area contributed by atoms with Crippen LogP contribution in [0, 0.1) is 5.92 Å². The molecule has 2 aromatic heterocycles. The molecule has 1 aromatic carbocycles. The molecule has 1 atom stereocenters. The summed E-state index contributed by atoms with van der Waals surface area (Å²) in [5.41, 5.74) is 4.51. The molecule has 1 aliphatic heterocycles. The molecule has 0 bridgehead atoms. The summed E-state index contributed by atoms with van der Waals surface area (Å²) in [4.78, 5) is 29.2. The Morgan fingerprint density at radius 1 is 1.06 bits per heavy atom. The van der Waals surface area contributed by atoms with Crippen molar-refractivity contribution in [2.75, 3.05) is 18.0 Å². The van der Waals surface area contributed by atoms with Gasteiger partial charge in [0.15, 0.2) is 5.82 Å². The van der Waals surface area contributed by atoms with Crippen LogP contribution in [0.15, 0.2) is 54.9 Å². The summed E-state index contributed by atoms with van der Waals surface area (Å²) in [6.07, 6.45) is 8.59. The maximum atomic E-state index is 12.9. The van der Waals surface area contributed by atoms with Crippen LogP contribution < -0.4 is 10.2 Å². The molecule has 2 aliphatic rings. The van der Waals surface area contributed by atoms with Crippen LogP contribution in [-0.4, -0.2) is 33.9 Å². The number of rotatable bonds is 5. The fourth-order valence-corrected chi connectivity index (χ4v) is 4.61. The zero-order chi connectivity index (χ0) is 21.0. The Hall–Kier alpha value is -3.28. The molecule has 1 fully saturated rings. The topological polar surface area (TPSA) is 71.0 Å². The van der Waals surface area contributed by atoms with Gasteiger partial charge < -0.3 is 10.2 Å². The van der Waals surface area contributed by atoms with Crippen LogP contribution in [0.2, 0.25) is 0 Å². The Balaban J connectivity index is 1.35. The lowest BCUT2D eigenvalue weighted by Gasteiger charge is -2.34. The molecule has 0 radical (unpaired) electrons. The molecule has 5 rings (SSSR count). The van der Waals surface area contributed by atoms with E-state index in [1.165, 1.54) is 11.3 Å². The maximum absolute atomic E-state index is 12.9. The fraction of sp³-hybridized carbons (Fsp3) is 0.360. The van der Waals surface area contributed by atoms with Crippen molar-refractivity contribution >= 4 is 11.7 Å². The number of carbonyl (C=O) groups is 1. The third-order valence-electron chi connectivity index (χ3n) is 6.22. The van der Waals surface area contributed by atoms with Crippen molar-refractivity contribution in [3.8, 4) is 11.4 Å².